The van der Waals surface area contributed by atoms with Gasteiger partial charge in [0, 0.05) is 22.3 Å². The van der Waals surface area contributed by atoms with E-state index in [4.69, 9.17) is 11.6 Å². The summed E-state index contributed by atoms with van der Waals surface area (Å²) in [6, 6.07) is 9.11. The Hall–Kier alpha value is -2.12. The highest BCUT2D eigenvalue weighted by atomic mass is 35.5. The monoisotopic (exact) mass is 288 g/mol. The number of hydrogen-bond donors (Lipinski definition) is 1. The first-order chi connectivity index (χ1) is 9.45. The molecule has 5 heteroatoms. The van der Waals surface area contributed by atoms with Crippen molar-refractivity contribution in [3.63, 3.8) is 0 Å². The second-order valence-electron chi connectivity index (χ2n) is 4.70. The van der Waals surface area contributed by atoms with Gasteiger partial charge in [-0.1, -0.05) is 23.7 Å². The van der Waals surface area contributed by atoms with Gasteiger partial charge in [0.2, 0.25) is 0 Å². The zero-order valence-corrected chi connectivity index (χ0v) is 11.8. The van der Waals surface area contributed by atoms with Gasteiger partial charge in [0.15, 0.2) is 0 Å². The molecule has 2 atom stereocenters. The van der Waals surface area contributed by atoms with Gasteiger partial charge in [-0.3, -0.25) is 4.99 Å². The molecule has 2 unspecified atom stereocenters. The summed E-state index contributed by atoms with van der Waals surface area (Å²) in [5.41, 5.74) is 1.94. The smallest absolute Gasteiger partial charge is 0.334 e. The van der Waals surface area contributed by atoms with Crippen LogP contribution in [0.1, 0.15) is 25.3 Å². The van der Waals surface area contributed by atoms with Crippen LogP contribution in [-0.2, 0) is 4.79 Å². The SMILES string of the molecule is CC1=NC(C)=C(C(=O)O)C(c2cccc(Cl)c2)C1C#N. The number of allylic oxidation sites excluding steroid dienone is 1. The Bertz CT molecular complexity index is 671. The van der Waals surface area contributed by atoms with Gasteiger partial charge in [-0.15, -0.1) is 0 Å². The first-order valence-corrected chi connectivity index (χ1v) is 6.47. The Morgan fingerprint density at radius 1 is 1.45 bits per heavy atom. The van der Waals surface area contributed by atoms with E-state index in [1.165, 1.54) is 0 Å². The number of carbonyl (C=O) groups is 1. The molecule has 0 bridgehead atoms. The third kappa shape index (κ3) is 2.45. The summed E-state index contributed by atoms with van der Waals surface area (Å²) in [4.78, 5) is 15.7. The normalized spacial score (nSPS) is 22.2. The van der Waals surface area contributed by atoms with Crippen LogP contribution < -0.4 is 0 Å². The lowest BCUT2D eigenvalue weighted by Crippen LogP contribution is -2.28. The van der Waals surface area contributed by atoms with Crippen molar-refractivity contribution in [1.29, 1.82) is 5.26 Å². The van der Waals surface area contributed by atoms with Gasteiger partial charge >= 0.3 is 5.97 Å². The Kier molecular flexibility index (Phi) is 3.91. The Morgan fingerprint density at radius 3 is 2.70 bits per heavy atom. The summed E-state index contributed by atoms with van der Waals surface area (Å²) in [6.07, 6.45) is 0. The van der Waals surface area contributed by atoms with Crippen molar-refractivity contribution in [1.82, 2.24) is 0 Å². The van der Waals surface area contributed by atoms with Crippen LogP contribution in [0.25, 0.3) is 0 Å². The average molecular weight is 289 g/mol. The highest BCUT2D eigenvalue weighted by Gasteiger charge is 2.36. The lowest BCUT2D eigenvalue weighted by molar-refractivity contribution is -0.133. The summed E-state index contributed by atoms with van der Waals surface area (Å²) < 4.78 is 0. The first kappa shape index (κ1) is 14.3. The second-order valence-corrected chi connectivity index (χ2v) is 5.13. The molecule has 0 aromatic heterocycles. The van der Waals surface area contributed by atoms with Crippen molar-refractivity contribution in [3.05, 3.63) is 46.1 Å². The Labute approximate surface area is 122 Å². The molecule has 1 aliphatic rings. The molecule has 102 valence electrons. The minimum atomic E-state index is -1.05. The molecule has 0 fully saturated rings. The number of benzene rings is 1. The van der Waals surface area contributed by atoms with Crippen LogP contribution in [0.15, 0.2) is 40.5 Å². The molecule has 1 heterocycles. The maximum atomic E-state index is 11.5. The molecule has 1 aromatic rings. The molecule has 0 saturated carbocycles. The molecule has 20 heavy (non-hydrogen) atoms. The predicted octanol–water partition coefficient (Wildman–Crippen LogP) is 3.40. The lowest BCUT2D eigenvalue weighted by Gasteiger charge is -2.28. The van der Waals surface area contributed by atoms with Crippen molar-refractivity contribution in [2.24, 2.45) is 10.9 Å². The Balaban J connectivity index is 2.65. The van der Waals surface area contributed by atoms with E-state index in [0.717, 1.165) is 5.56 Å². The Morgan fingerprint density at radius 2 is 2.15 bits per heavy atom. The number of carboxylic acids is 1. The summed E-state index contributed by atoms with van der Waals surface area (Å²) in [5.74, 6) is -2.19. The summed E-state index contributed by atoms with van der Waals surface area (Å²) in [6.45, 7) is 3.39. The van der Waals surface area contributed by atoms with Crippen molar-refractivity contribution < 1.29 is 9.90 Å². The number of aliphatic imine (C=N–C) groups is 1. The van der Waals surface area contributed by atoms with Crippen molar-refractivity contribution in [2.45, 2.75) is 19.8 Å². The van der Waals surface area contributed by atoms with Gasteiger partial charge in [-0.25, -0.2) is 4.79 Å². The number of halogens is 1. The van der Waals surface area contributed by atoms with Gasteiger partial charge in [0.25, 0.3) is 0 Å². The maximum absolute atomic E-state index is 11.5. The largest absolute Gasteiger partial charge is 0.478 e. The number of aliphatic carboxylic acids is 1. The van der Waals surface area contributed by atoms with Crippen LogP contribution in [0, 0.1) is 17.2 Å². The topological polar surface area (TPSA) is 73.4 Å². The number of rotatable bonds is 2. The third-order valence-corrected chi connectivity index (χ3v) is 3.64. The number of nitriles is 1. The van der Waals surface area contributed by atoms with E-state index in [0.29, 0.717) is 16.4 Å². The van der Waals surface area contributed by atoms with E-state index in [-0.39, 0.29) is 5.57 Å². The zero-order valence-electron chi connectivity index (χ0n) is 11.1. The number of nitrogens with zero attached hydrogens (tertiary/aromatic N) is 2. The van der Waals surface area contributed by atoms with E-state index in [2.05, 4.69) is 11.1 Å². The summed E-state index contributed by atoms with van der Waals surface area (Å²) in [7, 11) is 0. The van der Waals surface area contributed by atoms with Crippen LogP contribution in [0.2, 0.25) is 5.02 Å². The van der Waals surface area contributed by atoms with Gasteiger partial charge in [0.05, 0.1) is 17.6 Å². The highest BCUT2D eigenvalue weighted by molar-refractivity contribution is 6.30. The maximum Gasteiger partial charge on any atom is 0.334 e. The molecule has 0 amide bonds. The lowest BCUT2D eigenvalue weighted by atomic mass is 9.76. The molecule has 1 aromatic carbocycles. The third-order valence-electron chi connectivity index (χ3n) is 3.41. The molecule has 0 saturated heterocycles. The van der Waals surface area contributed by atoms with E-state index in [1.54, 1.807) is 38.1 Å². The fraction of sp³-hybridized carbons (Fsp3) is 0.267. The van der Waals surface area contributed by atoms with Crippen LogP contribution in [0.5, 0.6) is 0 Å². The molecule has 0 spiro atoms. The molecular weight excluding hydrogens is 276 g/mol. The van der Waals surface area contributed by atoms with Crippen LogP contribution >= 0.6 is 11.6 Å². The molecule has 1 N–H and O–H groups in total. The van der Waals surface area contributed by atoms with Gasteiger partial charge < -0.3 is 5.11 Å². The van der Waals surface area contributed by atoms with Crippen molar-refractivity contribution in [2.75, 3.05) is 0 Å². The molecular formula is C15H13ClN2O2. The van der Waals surface area contributed by atoms with Gasteiger partial charge in [-0.2, -0.15) is 5.26 Å². The summed E-state index contributed by atoms with van der Waals surface area (Å²) in [5, 5.41) is 19.3. The first-order valence-electron chi connectivity index (χ1n) is 6.10. The van der Waals surface area contributed by atoms with Crippen LogP contribution in [0.3, 0.4) is 0 Å². The minimum Gasteiger partial charge on any atom is -0.478 e. The molecule has 1 aliphatic heterocycles. The molecule has 4 nitrogen and oxygen atoms in total. The fourth-order valence-corrected chi connectivity index (χ4v) is 2.74. The predicted molar refractivity (Wildman–Crippen MR) is 76.7 cm³/mol. The fourth-order valence-electron chi connectivity index (χ4n) is 2.54. The van der Waals surface area contributed by atoms with Crippen LogP contribution in [0.4, 0.5) is 0 Å². The highest BCUT2D eigenvalue weighted by Crippen LogP contribution is 2.39. The van der Waals surface area contributed by atoms with Crippen LogP contribution in [-0.4, -0.2) is 16.8 Å². The number of hydrogen-bond acceptors (Lipinski definition) is 3. The quantitative estimate of drug-likeness (QED) is 0.906. The second kappa shape index (κ2) is 5.48. The standard InChI is InChI=1S/C15H13ClN2O2/c1-8-12(7-17)14(10-4-3-5-11(16)6-10)13(15(19)20)9(2)18-8/h3-6,12,14H,1-2H3,(H,19,20). The average Bonchev–Trinajstić information content (AvgIpc) is 2.37. The van der Waals surface area contributed by atoms with Crippen molar-refractivity contribution >= 4 is 23.3 Å². The number of carboxylic acid groups (broad SMARTS) is 1. The van der Waals surface area contributed by atoms with Gasteiger partial charge in [0.1, 0.15) is 0 Å². The minimum absolute atomic E-state index is 0.157. The van der Waals surface area contributed by atoms with E-state index >= 15 is 0 Å². The van der Waals surface area contributed by atoms with E-state index in [9.17, 15) is 15.2 Å². The molecule has 0 aliphatic carbocycles. The van der Waals surface area contributed by atoms with Gasteiger partial charge in [-0.05, 0) is 31.5 Å². The van der Waals surface area contributed by atoms with Crippen molar-refractivity contribution in [3.8, 4) is 6.07 Å². The van der Waals surface area contributed by atoms with E-state index < -0.39 is 17.8 Å². The van der Waals surface area contributed by atoms with E-state index in [1.807, 2.05) is 0 Å². The summed E-state index contributed by atoms with van der Waals surface area (Å²) >= 11 is 5.98. The molecule has 0 radical (unpaired) electrons. The zero-order chi connectivity index (χ0) is 14.9. The molecule has 2 rings (SSSR count).